The number of thiophene rings is 2. The molecule has 0 unspecified atom stereocenters. The number of nitrogens with one attached hydrogen (secondary N) is 1. The topological polar surface area (TPSA) is 97.0 Å². The van der Waals surface area contributed by atoms with Crippen LogP contribution >= 0.6 is 22.7 Å². The van der Waals surface area contributed by atoms with Gasteiger partial charge in [0.15, 0.2) is 12.3 Å². The molecule has 1 aliphatic rings. The van der Waals surface area contributed by atoms with E-state index in [1.54, 1.807) is 6.07 Å². The van der Waals surface area contributed by atoms with E-state index in [1.165, 1.54) is 27.4 Å². The van der Waals surface area contributed by atoms with Crippen LogP contribution in [0.1, 0.15) is 32.9 Å². The zero-order valence-corrected chi connectivity index (χ0v) is 19.0. The molecular weight excluding hydrogens is 456 g/mol. The van der Waals surface area contributed by atoms with Crippen molar-refractivity contribution in [2.45, 2.75) is 19.3 Å². The number of esters is 1. The highest BCUT2D eigenvalue weighted by Crippen LogP contribution is 2.38. The molecule has 0 bridgehead atoms. The zero-order valence-electron chi connectivity index (χ0n) is 17.4. The first-order chi connectivity index (χ1) is 16.1. The highest BCUT2D eigenvalue weighted by molar-refractivity contribution is 7.16. The van der Waals surface area contributed by atoms with Crippen molar-refractivity contribution >= 4 is 39.6 Å². The van der Waals surface area contributed by atoms with Crippen LogP contribution in [0.3, 0.4) is 0 Å². The van der Waals surface area contributed by atoms with Gasteiger partial charge in [0.1, 0.15) is 16.8 Å². The Kier molecular flexibility index (Phi) is 5.77. The molecule has 3 aromatic heterocycles. The minimum Gasteiger partial charge on any atom is -0.451 e. The van der Waals surface area contributed by atoms with Gasteiger partial charge in [-0.15, -0.1) is 22.7 Å². The lowest BCUT2D eigenvalue weighted by atomic mass is 10.1. The number of amides is 1. The van der Waals surface area contributed by atoms with Gasteiger partial charge >= 0.3 is 5.97 Å². The van der Waals surface area contributed by atoms with Crippen molar-refractivity contribution in [1.29, 1.82) is 5.26 Å². The number of aryl methyl sites for hydroxylation is 1. The molecule has 0 spiro atoms. The lowest BCUT2D eigenvalue weighted by Crippen LogP contribution is -2.22. The lowest BCUT2D eigenvalue weighted by molar-refractivity contribution is -0.119. The average molecular weight is 475 g/mol. The summed E-state index contributed by atoms with van der Waals surface area (Å²) in [5.41, 5.74) is 3.14. The minimum absolute atomic E-state index is 0.227. The summed E-state index contributed by atoms with van der Waals surface area (Å²) in [4.78, 5) is 27.5. The number of nitriles is 1. The fourth-order valence-corrected chi connectivity index (χ4v) is 5.75. The van der Waals surface area contributed by atoms with Crippen molar-refractivity contribution in [3.05, 3.63) is 75.6 Å². The number of fused-ring (bicyclic) bond motifs is 1. The number of hydrogen-bond donors (Lipinski definition) is 1. The molecule has 1 aromatic carbocycles. The molecule has 1 N–H and O–H groups in total. The maximum atomic E-state index is 12.9. The highest BCUT2D eigenvalue weighted by Gasteiger charge is 2.24. The molecule has 0 saturated carbocycles. The molecule has 164 valence electrons. The van der Waals surface area contributed by atoms with Gasteiger partial charge in [-0.25, -0.2) is 9.48 Å². The van der Waals surface area contributed by atoms with Gasteiger partial charge in [0, 0.05) is 10.9 Å². The first kappa shape index (κ1) is 21.1. The fourth-order valence-electron chi connectivity index (χ4n) is 3.82. The lowest BCUT2D eigenvalue weighted by Gasteiger charge is -2.08. The summed E-state index contributed by atoms with van der Waals surface area (Å²) in [5, 5.41) is 19.3. The van der Waals surface area contributed by atoms with Gasteiger partial charge in [-0.2, -0.15) is 10.4 Å². The second-order valence-electron chi connectivity index (χ2n) is 7.44. The first-order valence-electron chi connectivity index (χ1n) is 10.3. The third-order valence-electron chi connectivity index (χ3n) is 5.31. The van der Waals surface area contributed by atoms with Crippen LogP contribution in [0.5, 0.6) is 0 Å². The predicted octanol–water partition coefficient (Wildman–Crippen LogP) is 4.82. The summed E-state index contributed by atoms with van der Waals surface area (Å²) >= 11 is 2.95. The number of para-hydroxylation sites is 1. The van der Waals surface area contributed by atoms with Crippen LogP contribution in [0.2, 0.25) is 0 Å². The highest BCUT2D eigenvalue weighted by atomic mass is 32.1. The van der Waals surface area contributed by atoms with Crippen LogP contribution < -0.4 is 5.32 Å². The van der Waals surface area contributed by atoms with Crippen LogP contribution in [0.15, 0.2) is 53.9 Å². The quantitative estimate of drug-likeness (QED) is 0.404. The van der Waals surface area contributed by atoms with Gasteiger partial charge in [0.05, 0.1) is 16.1 Å². The van der Waals surface area contributed by atoms with E-state index in [1.807, 2.05) is 47.8 Å². The second-order valence-corrected chi connectivity index (χ2v) is 9.49. The molecule has 7 nitrogen and oxygen atoms in total. The molecule has 3 heterocycles. The molecule has 0 radical (unpaired) electrons. The molecular formula is C24H18N4O3S2. The fraction of sp³-hybridized carbons (Fsp3) is 0.167. The van der Waals surface area contributed by atoms with Crippen molar-refractivity contribution in [2.75, 3.05) is 11.9 Å². The smallest absolute Gasteiger partial charge is 0.357 e. The molecule has 4 aromatic rings. The Morgan fingerprint density at radius 2 is 2.03 bits per heavy atom. The van der Waals surface area contributed by atoms with E-state index >= 15 is 0 Å². The molecule has 9 heteroatoms. The number of nitrogens with zero attached hydrogens (tertiary/aromatic N) is 3. The normalized spacial score (nSPS) is 12.2. The Bertz CT molecular complexity index is 1360. The number of benzene rings is 1. The Morgan fingerprint density at radius 3 is 2.79 bits per heavy atom. The van der Waals surface area contributed by atoms with Crippen LogP contribution in [0.25, 0.3) is 16.3 Å². The van der Waals surface area contributed by atoms with Crippen molar-refractivity contribution in [3.8, 4) is 22.3 Å². The summed E-state index contributed by atoms with van der Waals surface area (Å²) in [5.74, 6) is -1.14. The number of hydrogen-bond acceptors (Lipinski definition) is 7. The first-order valence-corrected chi connectivity index (χ1v) is 12.0. The SMILES string of the molecule is N#Cc1c(NC(=O)COC(=O)c2cc(-c3cccs3)nn2-c2ccccc2)sc2c1CCC2. The van der Waals surface area contributed by atoms with Gasteiger partial charge in [-0.3, -0.25) is 4.79 Å². The van der Waals surface area contributed by atoms with E-state index in [9.17, 15) is 14.9 Å². The van der Waals surface area contributed by atoms with E-state index in [0.29, 0.717) is 21.9 Å². The third-order valence-corrected chi connectivity index (χ3v) is 7.41. The largest absolute Gasteiger partial charge is 0.451 e. The molecule has 0 saturated heterocycles. The maximum absolute atomic E-state index is 12.9. The number of anilines is 1. The number of rotatable bonds is 6. The second kappa shape index (κ2) is 9.02. The predicted molar refractivity (Wildman–Crippen MR) is 127 cm³/mol. The van der Waals surface area contributed by atoms with E-state index in [0.717, 1.165) is 34.6 Å². The van der Waals surface area contributed by atoms with E-state index in [-0.39, 0.29) is 5.69 Å². The summed E-state index contributed by atoms with van der Waals surface area (Å²) in [6.45, 7) is -0.458. The standard InChI is InChI=1S/C24H18N4O3S2/c25-13-17-16-8-4-9-20(16)33-23(17)26-22(29)14-31-24(30)19-12-18(21-10-5-11-32-21)27-28(19)15-6-2-1-3-7-15/h1-3,5-7,10-12H,4,8-9,14H2,(H,26,29). The van der Waals surface area contributed by atoms with Crippen molar-refractivity contribution in [1.82, 2.24) is 9.78 Å². The van der Waals surface area contributed by atoms with Crippen molar-refractivity contribution in [3.63, 3.8) is 0 Å². The Morgan fingerprint density at radius 1 is 1.18 bits per heavy atom. The molecule has 5 rings (SSSR count). The monoisotopic (exact) mass is 474 g/mol. The molecule has 0 aliphatic heterocycles. The summed E-state index contributed by atoms with van der Waals surface area (Å²) in [6.07, 6.45) is 2.81. The van der Waals surface area contributed by atoms with Gasteiger partial charge in [0.25, 0.3) is 5.91 Å². The van der Waals surface area contributed by atoms with Crippen LogP contribution in [0.4, 0.5) is 5.00 Å². The Labute approximate surface area is 197 Å². The molecule has 0 fully saturated rings. The van der Waals surface area contributed by atoms with Gasteiger partial charge in [0.2, 0.25) is 0 Å². The van der Waals surface area contributed by atoms with E-state index in [2.05, 4.69) is 16.5 Å². The molecule has 1 aliphatic carbocycles. The number of carbonyl (C=O) groups is 2. The van der Waals surface area contributed by atoms with Gasteiger partial charge in [-0.1, -0.05) is 24.3 Å². The molecule has 0 atom stereocenters. The number of carbonyl (C=O) groups excluding carboxylic acids is 2. The number of ether oxygens (including phenoxy) is 1. The maximum Gasteiger partial charge on any atom is 0.357 e. The third kappa shape index (κ3) is 4.18. The van der Waals surface area contributed by atoms with Crippen LogP contribution in [-0.2, 0) is 22.4 Å². The van der Waals surface area contributed by atoms with Crippen molar-refractivity contribution in [2.24, 2.45) is 0 Å². The van der Waals surface area contributed by atoms with Gasteiger partial charge < -0.3 is 10.1 Å². The molecule has 1 amide bonds. The average Bonchev–Trinajstić information content (AvgIpc) is 3.61. The number of aromatic nitrogens is 2. The minimum atomic E-state index is -0.654. The Balaban J connectivity index is 1.33. The summed E-state index contributed by atoms with van der Waals surface area (Å²) in [6, 6.07) is 17.0. The van der Waals surface area contributed by atoms with Crippen molar-refractivity contribution < 1.29 is 14.3 Å². The van der Waals surface area contributed by atoms with Gasteiger partial charge in [-0.05, 0) is 48.4 Å². The van der Waals surface area contributed by atoms with Crippen LogP contribution in [0, 0.1) is 11.3 Å². The van der Waals surface area contributed by atoms with Crippen LogP contribution in [-0.4, -0.2) is 28.3 Å². The zero-order chi connectivity index (χ0) is 22.8. The summed E-state index contributed by atoms with van der Waals surface area (Å²) in [7, 11) is 0. The van der Waals surface area contributed by atoms with E-state index < -0.39 is 18.5 Å². The molecule has 33 heavy (non-hydrogen) atoms. The van der Waals surface area contributed by atoms with E-state index in [4.69, 9.17) is 4.74 Å². The Hall–Kier alpha value is -3.74. The summed E-state index contributed by atoms with van der Waals surface area (Å²) < 4.78 is 6.84.